The molecule has 1 aliphatic heterocycles. The van der Waals surface area contributed by atoms with E-state index in [-0.39, 0.29) is 4.90 Å². The fraction of sp³-hybridized carbons (Fsp3) is 0.278. The average molecular weight is 442 g/mol. The second-order valence-electron chi connectivity index (χ2n) is 6.41. The summed E-state index contributed by atoms with van der Waals surface area (Å²) in [5, 5.41) is 7.08. The highest BCUT2D eigenvalue weighted by Gasteiger charge is 2.29. The topological polar surface area (TPSA) is 53.5 Å². The van der Waals surface area contributed by atoms with Crippen LogP contribution in [0, 0.1) is 11.6 Å². The molecule has 5 nitrogen and oxygen atoms in total. The summed E-state index contributed by atoms with van der Waals surface area (Å²) in [5.41, 5.74) is 2.08. The molecule has 0 N–H and O–H groups in total. The number of nitrogens with zero attached hydrogens (tertiary/aromatic N) is 3. The molecule has 1 saturated heterocycles. The number of halogens is 2. The van der Waals surface area contributed by atoms with Gasteiger partial charge in [0.15, 0.2) is 11.6 Å². The first-order valence-corrected chi connectivity index (χ1v) is 11.8. The predicted octanol–water partition coefficient (Wildman–Crippen LogP) is 3.66. The first-order valence-electron chi connectivity index (χ1n) is 8.58. The molecule has 0 aliphatic carbocycles. The van der Waals surface area contributed by atoms with E-state index in [1.807, 2.05) is 16.8 Å². The van der Waals surface area contributed by atoms with Gasteiger partial charge in [-0.3, -0.25) is 4.90 Å². The molecule has 0 atom stereocenters. The second kappa shape index (κ2) is 7.96. The number of thiazole rings is 1. The molecular weight excluding hydrogens is 424 g/mol. The molecule has 1 aliphatic rings. The minimum Gasteiger partial charge on any atom is -0.295 e. The number of piperazine rings is 1. The quantitative estimate of drug-likeness (QED) is 0.607. The van der Waals surface area contributed by atoms with Crippen LogP contribution in [0.2, 0.25) is 0 Å². The van der Waals surface area contributed by atoms with Gasteiger partial charge in [-0.15, -0.1) is 11.3 Å². The number of aromatic nitrogens is 1. The Balaban J connectivity index is 1.38. The third-order valence-electron chi connectivity index (χ3n) is 4.57. The van der Waals surface area contributed by atoms with E-state index in [1.54, 1.807) is 22.7 Å². The standard InChI is InChI=1S/C18H17F2N3O2S3/c19-16-2-1-15(9-17(16)20)28(24,25)23-6-4-22(5-7-23)10-14-12-27-18(21-14)13-3-8-26-11-13/h1-3,8-9,11-12H,4-7,10H2. The first kappa shape index (κ1) is 19.6. The molecule has 0 saturated carbocycles. The van der Waals surface area contributed by atoms with Gasteiger partial charge >= 0.3 is 0 Å². The van der Waals surface area contributed by atoms with E-state index in [2.05, 4.69) is 15.3 Å². The largest absolute Gasteiger partial charge is 0.295 e. The van der Waals surface area contributed by atoms with Crippen LogP contribution in [0.1, 0.15) is 5.69 Å². The Bertz CT molecular complexity index is 1060. The van der Waals surface area contributed by atoms with Crippen LogP contribution in [0.25, 0.3) is 10.6 Å². The molecule has 4 rings (SSSR count). The maximum atomic E-state index is 13.4. The van der Waals surface area contributed by atoms with Crippen molar-refractivity contribution in [2.24, 2.45) is 0 Å². The Labute approximate surface area is 169 Å². The Morgan fingerprint density at radius 2 is 1.82 bits per heavy atom. The van der Waals surface area contributed by atoms with Gasteiger partial charge in [-0.05, 0) is 29.6 Å². The Morgan fingerprint density at radius 1 is 1.04 bits per heavy atom. The van der Waals surface area contributed by atoms with Crippen LogP contribution in [0.4, 0.5) is 8.78 Å². The highest BCUT2D eigenvalue weighted by molar-refractivity contribution is 7.89. The average Bonchev–Trinajstić information content (AvgIpc) is 3.36. The Morgan fingerprint density at radius 3 is 2.50 bits per heavy atom. The second-order valence-corrected chi connectivity index (χ2v) is 9.99. The molecule has 148 valence electrons. The summed E-state index contributed by atoms with van der Waals surface area (Å²) < 4.78 is 53.1. The molecule has 1 aromatic carbocycles. The predicted molar refractivity (Wildman–Crippen MR) is 106 cm³/mol. The molecule has 3 heterocycles. The summed E-state index contributed by atoms with van der Waals surface area (Å²) in [5.74, 6) is -2.22. The van der Waals surface area contributed by atoms with Crippen LogP contribution in [-0.4, -0.2) is 48.8 Å². The molecule has 28 heavy (non-hydrogen) atoms. The number of benzene rings is 1. The van der Waals surface area contributed by atoms with Crippen molar-refractivity contribution in [1.82, 2.24) is 14.2 Å². The van der Waals surface area contributed by atoms with Crippen molar-refractivity contribution in [3.05, 3.63) is 57.7 Å². The van der Waals surface area contributed by atoms with Gasteiger partial charge < -0.3 is 0 Å². The smallest absolute Gasteiger partial charge is 0.243 e. The molecule has 3 aromatic rings. The van der Waals surface area contributed by atoms with E-state index in [4.69, 9.17) is 0 Å². The van der Waals surface area contributed by atoms with Gasteiger partial charge in [0.2, 0.25) is 10.0 Å². The van der Waals surface area contributed by atoms with Crippen LogP contribution in [0.5, 0.6) is 0 Å². The maximum absolute atomic E-state index is 13.4. The van der Waals surface area contributed by atoms with Crippen molar-refractivity contribution >= 4 is 32.7 Å². The third-order valence-corrected chi connectivity index (χ3v) is 8.08. The molecule has 10 heteroatoms. The van der Waals surface area contributed by atoms with Crippen LogP contribution in [-0.2, 0) is 16.6 Å². The van der Waals surface area contributed by atoms with E-state index in [0.717, 1.165) is 34.5 Å². The lowest BCUT2D eigenvalue weighted by Gasteiger charge is -2.33. The minimum absolute atomic E-state index is 0.222. The van der Waals surface area contributed by atoms with E-state index in [0.29, 0.717) is 32.7 Å². The number of rotatable bonds is 5. The normalized spacial score (nSPS) is 16.5. The summed E-state index contributed by atoms with van der Waals surface area (Å²) in [7, 11) is -3.84. The zero-order chi connectivity index (χ0) is 19.7. The van der Waals surface area contributed by atoms with Crippen molar-refractivity contribution in [2.75, 3.05) is 26.2 Å². The highest BCUT2D eigenvalue weighted by Crippen LogP contribution is 2.26. The van der Waals surface area contributed by atoms with E-state index < -0.39 is 21.7 Å². The van der Waals surface area contributed by atoms with Gasteiger partial charge in [0.25, 0.3) is 0 Å². The molecular formula is C18H17F2N3O2S3. The van der Waals surface area contributed by atoms with Gasteiger partial charge in [-0.25, -0.2) is 22.2 Å². The monoisotopic (exact) mass is 441 g/mol. The van der Waals surface area contributed by atoms with Crippen molar-refractivity contribution in [3.8, 4) is 10.6 Å². The zero-order valence-corrected chi connectivity index (χ0v) is 17.2. The lowest BCUT2D eigenvalue weighted by Crippen LogP contribution is -2.48. The summed E-state index contributed by atoms with van der Waals surface area (Å²) >= 11 is 3.23. The van der Waals surface area contributed by atoms with Crippen molar-refractivity contribution < 1.29 is 17.2 Å². The lowest BCUT2D eigenvalue weighted by molar-refractivity contribution is 0.180. The third kappa shape index (κ3) is 4.01. The van der Waals surface area contributed by atoms with Gasteiger partial charge in [-0.1, -0.05) is 0 Å². The van der Waals surface area contributed by atoms with Crippen LogP contribution in [0.3, 0.4) is 0 Å². The number of sulfonamides is 1. The highest BCUT2D eigenvalue weighted by atomic mass is 32.2. The fourth-order valence-electron chi connectivity index (χ4n) is 3.04. The van der Waals surface area contributed by atoms with E-state index in [9.17, 15) is 17.2 Å². The Kier molecular flexibility index (Phi) is 5.57. The fourth-order valence-corrected chi connectivity index (χ4v) is 6.00. The Hall–Kier alpha value is -1.72. The lowest BCUT2D eigenvalue weighted by atomic mass is 10.3. The summed E-state index contributed by atoms with van der Waals surface area (Å²) in [6.07, 6.45) is 0. The van der Waals surface area contributed by atoms with Crippen molar-refractivity contribution in [1.29, 1.82) is 0 Å². The molecule has 0 bridgehead atoms. The van der Waals surface area contributed by atoms with Gasteiger partial charge in [0.1, 0.15) is 5.01 Å². The van der Waals surface area contributed by atoms with Crippen LogP contribution in [0.15, 0.2) is 45.3 Å². The molecule has 0 spiro atoms. The summed E-state index contributed by atoms with van der Waals surface area (Å²) in [6.45, 7) is 2.34. The molecule has 0 unspecified atom stereocenters. The van der Waals surface area contributed by atoms with E-state index >= 15 is 0 Å². The maximum Gasteiger partial charge on any atom is 0.243 e. The van der Waals surface area contributed by atoms with Crippen molar-refractivity contribution in [3.63, 3.8) is 0 Å². The SMILES string of the molecule is O=S(=O)(c1ccc(F)c(F)c1)N1CCN(Cc2csc(-c3ccsc3)n2)CC1. The van der Waals surface area contributed by atoms with Crippen LogP contribution < -0.4 is 0 Å². The molecule has 1 fully saturated rings. The first-order chi connectivity index (χ1) is 13.4. The van der Waals surface area contributed by atoms with Gasteiger partial charge in [0.05, 0.1) is 10.6 Å². The summed E-state index contributed by atoms with van der Waals surface area (Å²) in [6, 6.07) is 4.71. The molecule has 0 amide bonds. The molecule has 0 radical (unpaired) electrons. The zero-order valence-electron chi connectivity index (χ0n) is 14.7. The van der Waals surface area contributed by atoms with Crippen molar-refractivity contribution in [2.45, 2.75) is 11.4 Å². The van der Waals surface area contributed by atoms with E-state index in [1.165, 1.54) is 4.31 Å². The number of hydrogen-bond acceptors (Lipinski definition) is 6. The summed E-state index contributed by atoms with van der Waals surface area (Å²) in [4.78, 5) is 6.57. The molecule has 2 aromatic heterocycles. The number of hydrogen-bond donors (Lipinski definition) is 0. The van der Waals surface area contributed by atoms with Crippen LogP contribution >= 0.6 is 22.7 Å². The van der Waals surface area contributed by atoms with Gasteiger partial charge in [-0.2, -0.15) is 15.6 Å². The van der Waals surface area contributed by atoms with Gasteiger partial charge in [0, 0.05) is 49.0 Å². The number of thiophene rings is 1. The minimum atomic E-state index is -3.84.